The zero-order valence-electron chi connectivity index (χ0n) is 10.8. The fourth-order valence-electron chi connectivity index (χ4n) is 2.05. The second kappa shape index (κ2) is 6.53. The van der Waals surface area contributed by atoms with Gasteiger partial charge < -0.3 is 10.8 Å². The van der Waals surface area contributed by atoms with E-state index < -0.39 is 0 Å². The number of benzene rings is 1. The molecule has 0 aliphatic rings. The summed E-state index contributed by atoms with van der Waals surface area (Å²) in [7, 11) is 0. The Kier molecular flexibility index (Phi) is 5.63. The van der Waals surface area contributed by atoms with Gasteiger partial charge in [0.15, 0.2) is 0 Å². The van der Waals surface area contributed by atoms with Gasteiger partial charge in [-0.25, -0.2) is 0 Å². The molecule has 1 aromatic rings. The molecule has 1 rings (SSSR count). The summed E-state index contributed by atoms with van der Waals surface area (Å²) in [6.45, 7) is 7.15. The molecule has 1 aromatic carbocycles. The predicted octanol–water partition coefficient (Wildman–Crippen LogP) is 3.13. The Labute approximate surface area is 112 Å². The molecule has 96 valence electrons. The molecule has 0 heterocycles. The molecule has 0 amide bonds. The first-order valence-corrected chi connectivity index (χ1v) is 6.86. The fourth-order valence-corrected chi connectivity index (χ4v) is 2.90. The molecule has 2 atom stereocenters. The first-order chi connectivity index (χ1) is 7.99. The van der Waals surface area contributed by atoms with Crippen molar-refractivity contribution in [3.05, 3.63) is 33.3 Å². The van der Waals surface area contributed by atoms with Crippen molar-refractivity contribution in [3.63, 3.8) is 0 Å². The zero-order valence-corrected chi connectivity index (χ0v) is 12.4. The van der Waals surface area contributed by atoms with Crippen molar-refractivity contribution < 1.29 is 5.11 Å². The van der Waals surface area contributed by atoms with Gasteiger partial charge in [0.25, 0.3) is 0 Å². The maximum absolute atomic E-state index is 9.20. The number of aliphatic hydroxyl groups is 1. The van der Waals surface area contributed by atoms with Gasteiger partial charge in [0, 0.05) is 11.1 Å². The standard InChI is InChI=1S/C14H22BrNO/c1-9-5-13(14(15)6-10(9)2)11(3)4-12(7-16)8-17/h5-6,11-12,17H,4,7-8,16H2,1-3H3. The van der Waals surface area contributed by atoms with E-state index in [2.05, 4.69) is 48.8 Å². The van der Waals surface area contributed by atoms with Gasteiger partial charge >= 0.3 is 0 Å². The van der Waals surface area contributed by atoms with E-state index >= 15 is 0 Å². The summed E-state index contributed by atoms with van der Waals surface area (Å²) < 4.78 is 1.15. The van der Waals surface area contributed by atoms with Crippen LogP contribution in [0.1, 0.15) is 36.0 Å². The summed E-state index contributed by atoms with van der Waals surface area (Å²) in [6, 6.07) is 4.40. The molecule has 0 aliphatic heterocycles. The minimum Gasteiger partial charge on any atom is -0.396 e. The van der Waals surface area contributed by atoms with Crippen LogP contribution in [0.4, 0.5) is 0 Å². The fraction of sp³-hybridized carbons (Fsp3) is 0.571. The van der Waals surface area contributed by atoms with Crippen LogP contribution in [0, 0.1) is 19.8 Å². The van der Waals surface area contributed by atoms with Gasteiger partial charge in [-0.3, -0.25) is 0 Å². The van der Waals surface area contributed by atoms with E-state index in [9.17, 15) is 5.11 Å². The van der Waals surface area contributed by atoms with Crippen molar-refractivity contribution in [3.8, 4) is 0 Å². The highest BCUT2D eigenvalue weighted by molar-refractivity contribution is 9.10. The highest BCUT2D eigenvalue weighted by Gasteiger charge is 2.15. The van der Waals surface area contributed by atoms with Crippen molar-refractivity contribution in [1.82, 2.24) is 0 Å². The summed E-state index contributed by atoms with van der Waals surface area (Å²) in [4.78, 5) is 0. The van der Waals surface area contributed by atoms with E-state index in [0.29, 0.717) is 12.5 Å². The predicted molar refractivity (Wildman–Crippen MR) is 76.3 cm³/mol. The Morgan fingerprint density at radius 1 is 1.29 bits per heavy atom. The molecule has 0 radical (unpaired) electrons. The Bertz CT molecular complexity index is 375. The minimum absolute atomic E-state index is 0.170. The van der Waals surface area contributed by atoms with E-state index in [4.69, 9.17) is 5.73 Å². The lowest BCUT2D eigenvalue weighted by atomic mass is 9.89. The molecular weight excluding hydrogens is 278 g/mol. The molecule has 0 aromatic heterocycles. The van der Waals surface area contributed by atoms with Crippen LogP contribution >= 0.6 is 15.9 Å². The largest absolute Gasteiger partial charge is 0.396 e. The molecule has 0 aliphatic carbocycles. The normalized spacial score (nSPS) is 14.7. The molecule has 3 N–H and O–H groups in total. The van der Waals surface area contributed by atoms with Gasteiger partial charge in [-0.15, -0.1) is 0 Å². The van der Waals surface area contributed by atoms with E-state index in [1.54, 1.807) is 0 Å². The van der Waals surface area contributed by atoms with E-state index in [0.717, 1.165) is 10.9 Å². The Hall–Kier alpha value is -0.380. The number of hydrogen-bond acceptors (Lipinski definition) is 2. The summed E-state index contributed by atoms with van der Waals surface area (Å²) >= 11 is 3.62. The van der Waals surface area contributed by atoms with E-state index in [1.807, 2.05) is 0 Å². The topological polar surface area (TPSA) is 46.2 Å². The van der Waals surface area contributed by atoms with Gasteiger partial charge in [-0.1, -0.05) is 28.9 Å². The maximum Gasteiger partial charge on any atom is 0.0471 e. The number of rotatable bonds is 5. The molecule has 0 saturated carbocycles. The molecule has 17 heavy (non-hydrogen) atoms. The number of hydrogen-bond donors (Lipinski definition) is 2. The average Bonchev–Trinajstić information content (AvgIpc) is 2.30. The molecular formula is C14H22BrNO. The van der Waals surface area contributed by atoms with Gasteiger partial charge in [-0.2, -0.15) is 0 Å². The quantitative estimate of drug-likeness (QED) is 0.877. The van der Waals surface area contributed by atoms with Gasteiger partial charge in [0.2, 0.25) is 0 Å². The van der Waals surface area contributed by atoms with E-state index in [1.165, 1.54) is 16.7 Å². The molecule has 2 nitrogen and oxygen atoms in total. The van der Waals surface area contributed by atoms with Crippen LogP contribution in [-0.4, -0.2) is 18.3 Å². The van der Waals surface area contributed by atoms with Crippen LogP contribution < -0.4 is 5.73 Å². The first kappa shape index (κ1) is 14.7. The molecule has 0 spiro atoms. The third-order valence-corrected chi connectivity index (χ3v) is 4.11. The highest BCUT2D eigenvalue weighted by Crippen LogP contribution is 2.31. The third-order valence-electron chi connectivity index (χ3n) is 3.42. The number of halogens is 1. The SMILES string of the molecule is Cc1cc(Br)c(C(C)CC(CN)CO)cc1C. The van der Waals surface area contributed by atoms with Crippen LogP contribution in [0.25, 0.3) is 0 Å². The summed E-state index contributed by atoms with van der Waals surface area (Å²) in [5.74, 6) is 0.600. The van der Waals surface area contributed by atoms with Crippen LogP contribution in [0.3, 0.4) is 0 Å². The van der Waals surface area contributed by atoms with Crippen LogP contribution in [0.5, 0.6) is 0 Å². The van der Waals surface area contributed by atoms with Gasteiger partial charge in [0.1, 0.15) is 0 Å². The highest BCUT2D eigenvalue weighted by atomic mass is 79.9. The second-order valence-electron chi connectivity index (χ2n) is 4.88. The Balaban J connectivity index is 2.88. The smallest absolute Gasteiger partial charge is 0.0471 e. The zero-order chi connectivity index (χ0) is 13.0. The van der Waals surface area contributed by atoms with Crippen molar-refractivity contribution in [1.29, 1.82) is 0 Å². The second-order valence-corrected chi connectivity index (χ2v) is 5.73. The number of aliphatic hydroxyl groups excluding tert-OH is 1. The molecule has 0 saturated heterocycles. The molecule has 0 bridgehead atoms. The lowest BCUT2D eigenvalue weighted by Gasteiger charge is -2.20. The van der Waals surface area contributed by atoms with Crippen molar-refractivity contribution in [2.24, 2.45) is 11.7 Å². The van der Waals surface area contributed by atoms with E-state index in [-0.39, 0.29) is 12.5 Å². The Morgan fingerprint density at radius 3 is 2.41 bits per heavy atom. The van der Waals surface area contributed by atoms with Crippen LogP contribution in [0.15, 0.2) is 16.6 Å². The summed E-state index contributed by atoms with van der Waals surface area (Å²) in [5, 5.41) is 9.20. The van der Waals surface area contributed by atoms with Crippen molar-refractivity contribution >= 4 is 15.9 Å². The third kappa shape index (κ3) is 3.80. The molecule has 3 heteroatoms. The average molecular weight is 300 g/mol. The maximum atomic E-state index is 9.20. The summed E-state index contributed by atoms with van der Waals surface area (Å²) in [5.41, 5.74) is 9.54. The first-order valence-electron chi connectivity index (χ1n) is 6.07. The molecule has 0 fully saturated rings. The number of aryl methyl sites for hydroxylation is 2. The Morgan fingerprint density at radius 2 is 1.88 bits per heavy atom. The minimum atomic E-state index is 0.170. The van der Waals surface area contributed by atoms with Crippen LogP contribution in [0.2, 0.25) is 0 Å². The van der Waals surface area contributed by atoms with Crippen molar-refractivity contribution in [2.45, 2.75) is 33.1 Å². The number of nitrogens with two attached hydrogens (primary N) is 1. The van der Waals surface area contributed by atoms with Crippen LogP contribution in [-0.2, 0) is 0 Å². The lowest BCUT2D eigenvalue weighted by Crippen LogP contribution is -2.20. The monoisotopic (exact) mass is 299 g/mol. The van der Waals surface area contributed by atoms with Gasteiger partial charge in [-0.05, 0) is 61.4 Å². The van der Waals surface area contributed by atoms with Crippen molar-refractivity contribution in [2.75, 3.05) is 13.2 Å². The van der Waals surface area contributed by atoms with Gasteiger partial charge in [0.05, 0.1) is 0 Å². The molecule has 2 unspecified atom stereocenters. The lowest BCUT2D eigenvalue weighted by molar-refractivity contribution is 0.217. The summed E-state index contributed by atoms with van der Waals surface area (Å²) in [6.07, 6.45) is 0.925.